The molecular formula is C12H9Cl2NO2. The third kappa shape index (κ3) is 2.30. The highest BCUT2D eigenvalue weighted by Gasteiger charge is 2.13. The first-order valence-electron chi connectivity index (χ1n) is 4.87. The molecule has 1 aromatic heterocycles. The summed E-state index contributed by atoms with van der Waals surface area (Å²) in [4.78, 5) is 11.0. The molecule has 0 aliphatic rings. The van der Waals surface area contributed by atoms with Gasteiger partial charge in [-0.15, -0.1) is 0 Å². The summed E-state index contributed by atoms with van der Waals surface area (Å²) in [6, 6.07) is 6.73. The second-order valence-corrected chi connectivity index (χ2v) is 4.50. The van der Waals surface area contributed by atoms with E-state index in [4.69, 9.17) is 28.3 Å². The third-order valence-corrected chi connectivity index (χ3v) is 3.05. The predicted molar refractivity (Wildman–Crippen MR) is 67.5 cm³/mol. The third-order valence-electron chi connectivity index (χ3n) is 2.44. The molecule has 2 aromatic rings. The summed E-state index contributed by atoms with van der Waals surface area (Å²) in [6.07, 6.45) is 1.55. The van der Waals surface area contributed by atoms with E-state index in [1.54, 1.807) is 18.3 Å². The Morgan fingerprint density at radius 1 is 1.29 bits per heavy atom. The lowest BCUT2D eigenvalue weighted by molar-refractivity contribution is 0.0688. The van der Waals surface area contributed by atoms with E-state index >= 15 is 0 Å². The van der Waals surface area contributed by atoms with Crippen LogP contribution in [0.2, 0.25) is 10.0 Å². The number of aromatic nitrogens is 1. The number of hydrogen-bond acceptors (Lipinski definition) is 1. The molecule has 88 valence electrons. The SMILES string of the molecule is Cc1ccc(-n2cc(Cl)cc2C(=O)O)cc1Cl. The maximum Gasteiger partial charge on any atom is 0.352 e. The van der Waals surface area contributed by atoms with Crippen LogP contribution in [0, 0.1) is 6.92 Å². The zero-order valence-electron chi connectivity index (χ0n) is 8.95. The van der Waals surface area contributed by atoms with Crippen LogP contribution in [-0.4, -0.2) is 15.6 Å². The number of rotatable bonds is 2. The minimum absolute atomic E-state index is 0.106. The van der Waals surface area contributed by atoms with Crippen molar-refractivity contribution >= 4 is 29.2 Å². The Bertz CT molecular complexity index is 590. The Labute approximate surface area is 108 Å². The minimum atomic E-state index is -1.03. The molecule has 0 unspecified atom stereocenters. The zero-order chi connectivity index (χ0) is 12.6. The van der Waals surface area contributed by atoms with Gasteiger partial charge >= 0.3 is 5.97 Å². The fourth-order valence-electron chi connectivity index (χ4n) is 1.54. The highest BCUT2D eigenvalue weighted by atomic mass is 35.5. The summed E-state index contributed by atoms with van der Waals surface area (Å²) < 4.78 is 1.50. The standard InChI is InChI=1S/C12H9Cl2NO2/c1-7-2-3-9(5-10(7)14)15-6-8(13)4-11(15)12(16)17/h2-6H,1H3,(H,16,17). The van der Waals surface area contributed by atoms with E-state index in [1.165, 1.54) is 10.6 Å². The van der Waals surface area contributed by atoms with E-state index in [0.29, 0.717) is 15.7 Å². The number of benzene rings is 1. The van der Waals surface area contributed by atoms with Crippen molar-refractivity contribution in [1.82, 2.24) is 4.57 Å². The molecule has 0 saturated carbocycles. The van der Waals surface area contributed by atoms with Crippen LogP contribution in [0.1, 0.15) is 16.1 Å². The molecule has 0 bridgehead atoms. The molecule has 0 atom stereocenters. The first kappa shape index (κ1) is 12.0. The Morgan fingerprint density at radius 3 is 2.59 bits per heavy atom. The summed E-state index contributed by atoms with van der Waals surface area (Å²) in [5.41, 5.74) is 1.71. The summed E-state index contributed by atoms with van der Waals surface area (Å²) in [6.45, 7) is 1.88. The van der Waals surface area contributed by atoms with Crippen LogP contribution in [0.4, 0.5) is 0 Å². The lowest BCUT2D eigenvalue weighted by Gasteiger charge is -2.07. The Kier molecular flexibility index (Phi) is 3.13. The van der Waals surface area contributed by atoms with Crippen molar-refractivity contribution < 1.29 is 9.90 Å². The van der Waals surface area contributed by atoms with Crippen molar-refractivity contribution in [2.24, 2.45) is 0 Å². The van der Waals surface area contributed by atoms with Crippen molar-refractivity contribution in [2.45, 2.75) is 6.92 Å². The van der Waals surface area contributed by atoms with Gasteiger partial charge in [-0.1, -0.05) is 29.3 Å². The van der Waals surface area contributed by atoms with Crippen molar-refractivity contribution in [3.05, 3.63) is 51.8 Å². The number of carboxylic acid groups (broad SMARTS) is 1. The molecule has 0 aliphatic heterocycles. The molecule has 0 radical (unpaired) electrons. The molecule has 1 aromatic carbocycles. The van der Waals surface area contributed by atoms with E-state index in [-0.39, 0.29) is 5.69 Å². The second-order valence-electron chi connectivity index (χ2n) is 3.65. The van der Waals surface area contributed by atoms with Gasteiger partial charge < -0.3 is 9.67 Å². The van der Waals surface area contributed by atoms with E-state index in [2.05, 4.69) is 0 Å². The lowest BCUT2D eigenvalue weighted by Crippen LogP contribution is -2.05. The number of halogens is 2. The van der Waals surface area contributed by atoms with E-state index in [1.807, 2.05) is 13.0 Å². The first-order chi connectivity index (χ1) is 7.99. The Balaban J connectivity index is 2.59. The molecular weight excluding hydrogens is 261 g/mol. The summed E-state index contributed by atoms with van der Waals surface area (Å²) in [7, 11) is 0. The second kappa shape index (κ2) is 4.43. The fourth-order valence-corrected chi connectivity index (χ4v) is 1.92. The van der Waals surface area contributed by atoms with Crippen molar-refractivity contribution in [2.75, 3.05) is 0 Å². The average Bonchev–Trinajstić information content (AvgIpc) is 2.64. The van der Waals surface area contributed by atoms with Crippen molar-refractivity contribution in [3.8, 4) is 5.69 Å². The summed E-state index contributed by atoms with van der Waals surface area (Å²) >= 11 is 11.8. The van der Waals surface area contributed by atoms with Gasteiger partial charge in [0.25, 0.3) is 0 Å². The molecule has 5 heteroatoms. The number of carboxylic acids is 1. The molecule has 0 aliphatic carbocycles. The van der Waals surface area contributed by atoms with Crippen LogP contribution in [0.5, 0.6) is 0 Å². The monoisotopic (exact) mass is 269 g/mol. The molecule has 3 nitrogen and oxygen atoms in total. The number of aryl methyl sites for hydroxylation is 1. The Morgan fingerprint density at radius 2 is 2.00 bits per heavy atom. The normalized spacial score (nSPS) is 10.5. The average molecular weight is 270 g/mol. The van der Waals surface area contributed by atoms with Crippen LogP contribution >= 0.6 is 23.2 Å². The Hall–Kier alpha value is -1.45. The van der Waals surface area contributed by atoms with Crippen LogP contribution in [0.3, 0.4) is 0 Å². The number of carbonyl (C=O) groups is 1. The molecule has 0 fully saturated rings. The van der Waals surface area contributed by atoms with E-state index < -0.39 is 5.97 Å². The highest BCUT2D eigenvalue weighted by Crippen LogP contribution is 2.23. The van der Waals surface area contributed by atoms with Crippen molar-refractivity contribution in [1.29, 1.82) is 0 Å². The minimum Gasteiger partial charge on any atom is -0.477 e. The molecule has 2 rings (SSSR count). The smallest absolute Gasteiger partial charge is 0.352 e. The largest absolute Gasteiger partial charge is 0.477 e. The molecule has 17 heavy (non-hydrogen) atoms. The topological polar surface area (TPSA) is 42.2 Å². The number of nitrogens with zero attached hydrogens (tertiary/aromatic N) is 1. The first-order valence-corrected chi connectivity index (χ1v) is 5.62. The maximum absolute atomic E-state index is 11.0. The molecule has 0 saturated heterocycles. The molecule has 0 amide bonds. The molecule has 1 heterocycles. The van der Waals surface area contributed by atoms with Gasteiger partial charge in [-0.3, -0.25) is 0 Å². The lowest BCUT2D eigenvalue weighted by atomic mass is 10.2. The van der Waals surface area contributed by atoms with Gasteiger partial charge in [-0.2, -0.15) is 0 Å². The maximum atomic E-state index is 11.0. The molecule has 0 spiro atoms. The van der Waals surface area contributed by atoms with E-state index in [9.17, 15) is 4.79 Å². The predicted octanol–water partition coefficient (Wildman–Crippen LogP) is 3.79. The van der Waals surface area contributed by atoms with Gasteiger partial charge in [0.05, 0.1) is 5.02 Å². The van der Waals surface area contributed by atoms with Crippen LogP contribution in [-0.2, 0) is 0 Å². The van der Waals surface area contributed by atoms with E-state index in [0.717, 1.165) is 5.56 Å². The van der Waals surface area contributed by atoms with Gasteiger partial charge in [0.2, 0.25) is 0 Å². The van der Waals surface area contributed by atoms with Crippen LogP contribution in [0.25, 0.3) is 5.69 Å². The fraction of sp³-hybridized carbons (Fsp3) is 0.0833. The number of hydrogen-bond donors (Lipinski definition) is 1. The summed E-state index contributed by atoms with van der Waals surface area (Å²) in [5, 5.41) is 10.0. The van der Waals surface area contributed by atoms with Crippen LogP contribution < -0.4 is 0 Å². The quantitative estimate of drug-likeness (QED) is 0.902. The van der Waals surface area contributed by atoms with Crippen LogP contribution in [0.15, 0.2) is 30.5 Å². The summed E-state index contributed by atoms with van der Waals surface area (Å²) in [5.74, 6) is -1.03. The van der Waals surface area contributed by atoms with Gasteiger partial charge in [0.1, 0.15) is 5.69 Å². The number of aromatic carboxylic acids is 1. The zero-order valence-corrected chi connectivity index (χ0v) is 10.5. The van der Waals surface area contributed by atoms with Gasteiger partial charge in [-0.25, -0.2) is 4.79 Å². The highest BCUT2D eigenvalue weighted by molar-refractivity contribution is 6.31. The van der Waals surface area contributed by atoms with Gasteiger partial charge in [0, 0.05) is 16.9 Å². The van der Waals surface area contributed by atoms with Crippen molar-refractivity contribution in [3.63, 3.8) is 0 Å². The molecule has 1 N–H and O–H groups in total. The van der Waals surface area contributed by atoms with Gasteiger partial charge in [-0.05, 0) is 30.7 Å². The van der Waals surface area contributed by atoms with Gasteiger partial charge in [0.15, 0.2) is 0 Å².